The van der Waals surface area contributed by atoms with Gasteiger partial charge in [0.25, 0.3) is 5.91 Å². The molecule has 1 N–H and O–H groups in total. The maximum Gasteiger partial charge on any atom is 0.416 e. The van der Waals surface area contributed by atoms with Crippen LogP contribution in [0, 0.1) is 12.8 Å². The van der Waals surface area contributed by atoms with Crippen molar-refractivity contribution in [3.05, 3.63) is 29.3 Å². The van der Waals surface area contributed by atoms with Gasteiger partial charge in [0.05, 0.1) is 23.7 Å². The summed E-state index contributed by atoms with van der Waals surface area (Å²) < 4.78 is 50.2. The zero-order valence-electron chi connectivity index (χ0n) is 18.2. The summed E-state index contributed by atoms with van der Waals surface area (Å²) >= 11 is 0. The van der Waals surface area contributed by atoms with Gasteiger partial charge in [0.15, 0.2) is 0 Å². The summed E-state index contributed by atoms with van der Waals surface area (Å²) in [5.74, 6) is -0.264. The van der Waals surface area contributed by atoms with Crippen molar-refractivity contribution in [1.29, 1.82) is 0 Å². The molecule has 3 saturated heterocycles. The van der Waals surface area contributed by atoms with Crippen molar-refractivity contribution < 1.29 is 32.2 Å². The van der Waals surface area contributed by atoms with Gasteiger partial charge in [-0.3, -0.25) is 9.59 Å². The van der Waals surface area contributed by atoms with E-state index in [9.17, 15) is 22.8 Å². The first-order valence-electron chi connectivity index (χ1n) is 11.2. The fourth-order valence-corrected chi connectivity index (χ4v) is 4.89. The number of likely N-dealkylation sites (tertiary alicyclic amines) is 1. The number of piperidine rings is 1. The van der Waals surface area contributed by atoms with E-state index in [4.69, 9.17) is 9.47 Å². The molecular formula is C23H29F3N2O4. The number of carbonyl (C=O) groups is 2. The minimum atomic E-state index is -4.42. The molecule has 32 heavy (non-hydrogen) atoms. The van der Waals surface area contributed by atoms with Crippen molar-refractivity contribution in [2.24, 2.45) is 5.92 Å². The molecule has 0 saturated carbocycles. The van der Waals surface area contributed by atoms with Crippen LogP contribution in [0.3, 0.4) is 0 Å². The molecule has 0 aliphatic carbocycles. The third kappa shape index (κ3) is 4.93. The van der Waals surface area contributed by atoms with E-state index in [1.54, 1.807) is 0 Å². The second kappa shape index (κ2) is 9.02. The highest BCUT2D eigenvalue weighted by Crippen LogP contribution is 2.40. The van der Waals surface area contributed by atoms with Gasteiger partial charge in [-0.2, -0.15) is 13.2 Å². The molecule has 6 nitrogen and oxygen atoms in total. The standard InChI is InChI=1S/C23H29F3N2O4/c1-15-13-17(23(24,25)26)4-5-18(15)27-20(29)19-6-7-22(32-19)8-10-28(11-9-22)21(30)16-3-2-12-31-14-16/h4-5,13,16,19H,2-3,6-12,14H2,1H3,(H,27,29). The Kier molecular flexibility index (Phi) is 6.49. The quantitative estimate of drug-likeness (QED) is 0.752. The average Bonchev–Trinajstić information content (AvgIpc) is 3.19. The Labute approximate surface area is 185 Å². The van der Waals surface area contributed by atoms with E-state index in [1.807, 2.05) is 4.90 Å². The molecule has 1 aromatic rings. The average molecular weight is 454 g/mol. The number of ether oxygens (including phenoxy) is 2. The molecule has 3 aliphatic rings. The summed E-state index contributed by atoms with van der Waals surface area (Å²) in [5.41, 5.74) is -0.468. The number of anilines is 1. The molecule has 1 aromatic carbocycles. The van der Waals surface area contributed by atoms with E-state index < -0.39 is 23.4 Å². The number of benzene rings is 1. The highest BCUT2D eigenvalue weighted by Gasteiger charge is 2.46. The van der Waals surface area contributed by atoms with Gasteiger partial charge in [0.1, 0.15) is 6.10 Å². The van der Waals surface area contributed by atoms with Crippen LogP contribution < -0.4 is 5.32 Å². The normalized spacial score (nSPS) is 25.7. The third-order valence-corrected chi connectivity index (χ3v) is 6.85. The summed E-state index contributed by atoms with van der Waals surface area (Å²) in [4.78, 5) is 27.3. The van der Waals surface area contributed by atoms with E-state index in [-0.39, 0.29) is 17.7 Å². The van der Waals surface area contributed by atoms with Crippen LogP contribution in [0.1, 0.15) is 49.7 Å². The van der Waals surface area contributed by atoms with Gasteiger partial charge in [-0.15, -0.1) is 0 Å². The number of alkyl halides is 3. The number of nitrogens with one attached hydrogen (secondary N) is 1. The predicted octanol–water partition coefficient (Wildman–Crippen LogP) is 3.92. The number of aryl methyl sites for hydroxylation is 1. The molecule has 3 heterocycles. The molecule has 1 spiro atoms. The van der Waals surface area contributed by atoms with Gasteiger partial charge in [-0.25, -0.2) is 0 Å². The molecule has 2 amide bonds. The summed E-state index contributed by atoms with van der Waals surface area (Å²) in [5, 5.41) is 2.71. The molecule has 0 aromatic heterocycles. The lowest BCUT2D eigenvalue weighted by Gasteiger charge is -2.40. The van der Waals surface area contributed by atoms with Crippen molar-refractivity contribution in [2.75, 3.05) is 31.6 Å². The smallest absolute Gasteiger partial charge is 0.381 e. The lowest BCUT2D eigenvalue weighted by atomic mass is 9.87. The lowest BCUT2D eigenvalue weighted by Crippen LogP contribution is -2.49. The van der Waals surface area contributed by atoms with Gasteiger partial charge in [-0.1, -0.05) is 0 Å². The zero-order valence-corrected chi connectivity index (χ0v) is 18.2. The Bertz CT molecular complexity index is 859. The van der Waals surface area contributed by atoms with Crippen LogP contribution in [-0.4, -0.2) is 54.7 Å². The van der Waals surface area contributed by atoms with Crippen molar-refractivity contribution in [2.45, 2.75) is 63.3 Å². The first-order chi connectivity index (χ1) is 15.2. The molecular weight excluding hydrogens is 425 g/mol. The number of carbonyl (C=O) groups excluding carboxylic acids is 2. The monoisotopic (exact) mass is 454 g/mol. The van der Waals surface area contributed by atoms with Gasteiger partial charge >= 0.3 is 6.18 Å². The Hall–Kier alpha value is -2.13. The largest absolute Gasteiger partial charge is 0.416 e. The third-order valence-electron chi connectivity index (χ3n) is 6.85. The van der Waals surface area contributed by atoms with E-state index >= 15 is 0 Å². The van der Waals surface area contributed by atoms with Crippen LogP contribution in [0.4, 0.5) is 18.9 Å². The summed E-state index contributed by atoms with van der Waals surface area (Å²) in [6, 6.07) is 3.26. The van der Waals surface area contributed by atoms with Gasteiger partial charge in [-0.05, 0) is 69.2 Å². The minimum absolute atomic E-state index is 0.0622. The zero-order chi connectivity index (χ0) is 22.9. The number of hydrogen-bond donors (Lipinski definition) is 1. The fraction of sp³-hybridized carbons (Fsp3) is 0.652. The minimum Gasteiger partial charge on any atom is -0.381 e. The molecule has 2 atom stereocenters. The number of rotatable bonds is 3. The first kappa shape index (κ1) is 23.0. The molecule has 9 heteroatoms. The summed E-state index contributed by atoms with van der Waals surface area (Å²) in [6.45, 7) is 3.94. The Morgan fingerprint density at radius 2 is 1.91 bits per heavy atom. The summed E-state index contributed by atoms with van der Waals surface area (Å²) in [6.07, 6.45) is -0.665. The fourth-order valence-electron chi connectivity index (χ4n) is 4.89. The maximum absolute atomic E-state index is 12.9. The van der Waals surface area contributed by atoms with Gasteiger partial charge < -0.3 is 19.7 Å². The number of halogens is 3. The van der Waals surface area contributed by atoms with Crippen molar-refractivity contribution in [3.8, 4) is 0 Å². The second-order valence-electron chi connectivity index (χ2n) is 9.08. The Morgan fingerprint density at radius 1 is 1.16 bits per heavy atom. The van der Waals surface area contributed by atoms with Crippen LogP contribution in [0.15, 0.2) is 18.2 Å². The SMILES string of the molecule is Cc1cc(C(F)(F)F)ccc1NC(=O)C1CCC2(CCN(C(=O)C3CCCOC3)CC2)O1. The van der Waals surface area contributed by atoms with E-state index in [0.29, 0.717) is 50.2 Å². The lowest BCUT2D eigenvalue weighted by molar-refractivity contribution is -0.148. The molecule has 176 valence electrons. The molecule has 0 radical (unpaired) electrons. The van der Waals surface area contributed by atoms with Crippen molar-refractivity contribution in [1.82, 2.24) is 4.90 Å². The van der Waals surface area contributed by atoms with E-state index in [2.05, 4.69) is 5.32 Å². The molecule has 0 bridgehead atoms. The van der Waals surface area contributed by atoms with Crippen molar-refractivity contribution >= 4 is 17.5 Å². The van der Waals surface area contributed by atoms with Crippen LogP contribution in [0.2, 0.25) is 0 Å². The van der Waals surface area contributed by atoms with Gasteiger partial charge in [0.2, 0.25) is 5.91 Å². The Morgan fingerprint density at radius 3 is 2.53 bits per heavy atom. The molecule has 3 fully saturated rings. The van der Waals surface area contributed by atoms with Crippen LogP contribution in [0.5, 0.6) is 0 Å². The van der Waals surface area contributed by atoms with Crippen LogP contribution in [0.25, 0.3) is 0 Å². The molecule has 3 aliphatic heterocycles. The number of hydrogen-bond acceptors (Lipinski definition) is 4. The van der Waals surface area contributed by atoms with Crippen LogP contribution >= 0.6 is 0 Å². The van der Waals surface area contributed by atoms with Gasteiger partial charge in [0, 0.05) is 25.4 Å². The Balaban J connectivity index is 1.31. The topological polar surface area (TPSA) is 67.9 Å². The van der Waals surface area contributed by atoms with E-state index in [1.165, 1.54) is 13.0 Å². The molecule has 4 rings (SSSR count). The number of nitrogens with zero attached hydrogens (tertiary/aromatic N) is 1. The second-order valence-corrected chi connectivity index (χ2v) is 9.08. The predicted molar refractivity (Wildman–Crippen MR) is 111 cm³/mol. The highest BCUT2D eigenvalue weighted by atomic mass is 19.4. The maximum atomic E-state index is 12.9. The summed E-state index contributed by atoms with van der Waals surface area (Å²) in [7, 11) is 0. The van der Waals surface area contributed by atoms with Crippen molar-refractivity contribution in [3.63, 3.8) is 0 Å². The van der Waals surface area contributed by atoms with E-state index in [0.717, 1.165) is 38.0 Å². The highest BCUT2D eigenvalue weighted by molar-refractivity contribution is 5.95. The molecule has 2 unspecified atom stereocenters. The van der Waals surface area contributed by atoms with Crippen LogP contribution in [-0.2, 0) is 25.2 Å². The first-order valence-corrected chi connectivity index (χ1v) is 11.2. The number of amides is 2.